The maximum atomic E-state index is 11.3. The van der Waals surface area contributed by atoms with Crippen molar-refractivity contribution >= 4 is 28.7 Å². The molecule has 0 aromatic carbocycles. The fourth-order valence-corrected chi connectivity index (χ4v) is 1.61. The Hall–Kier alpha value is 0. The minimum Gasteiger partial charge on any atom is -0.431 e. The third kappa shape index (κ3) is 4.02. The molecule has 3 nitrogen and oxygen atoms in total. The van der Waals surface area contributed by atoms with Gasteiger partial charge in [-0.15, -0.1) is 0 Å². The number of carbonyl (C=O) groups excluding carboxylic acids is 1. The van der Waals surface area contributed by atoms with Crippen LogP contribution in [0.4, 0.5) is 4.79 Å². The highest BCUT2D eigenvalue weighted by Gasteiger charge is 2.22. The average molecular weight is 312 g/mol. The van der Waals surface area contributed by atoms with Crippen LogP contribution in [0.2, 0.25) is 0 Å². The molecule has 0 bridgehead atoms. The van der Waals surface area contributed by atoms with Crippen LogP contribution in [0, 0.1) is 5.92 Å². The van der Waals surface area contributed by atoms with Crippen molar-refractivity contribution in [3.05, 3.63) is 0 Å². The highest BCUT2D eigenvalue weighted by atomic mass is 127. The minimum absolute atomic E-state index is 0.0956. The lowest BCUT2D eigenvalue weighted by Gasteiger charge is -2.16. The Morgan fingerprint density at radius 2 is 1.93 bits per heavy atom. The molecule has 0 aromatic heterocycles. The number of carbonyl (C=O) groups is 1. The van der Waals surface area contributed by atoms with E-state index in [-0.39, 0.29) is 10.2 Å². The van der Waals surface area contributed by atoms with Crippen molar-refractivity contribution < 1.29 is 14.3 Å². The second-order valence-corrected chi connectivity index (χ2v) is 5.22. The monoisotopic (exact) mass is 312 g/mol. The lowest BCUT2D eigenvalue weighted by Crippen LogP contribution is -2.21. The Bertz CT molecular complexity index is 182. The van der Waals surface area contributed by atoms with E-state index in [4.69, 9.17) is 9.47 Å². The molecule has 0 aliphatic heterocycles. The summed E-state index contributed by atoms with van der Waals surface area (Å²) in [6, 6.07) is 0. The van der Waals surface area contributed by atoms with Crippen LogP contribution in [-0.4, -0.2) is 16.4 Å². The molecular weight excluding hydrogens is 295 g/mol. The van der Waals surface area contributed by atoms with Crippen molar-refractivity contribution in [3.8, 4) is 0 Å². The summed E-state index contributed by atoms with van der Waals surface area (Å²) in [5, 5.41) is 0. The first kappa shape index (κ1) is 12.1. The zero-order valence-electron chi connectivity index (χ0n) is 8.66. The lowest BCUT2D eigenvalue weighted by molar-refractivity contribution is 0.0153. The third-order valence-electron chi connectivity index (χ3n) is 2.30. The summed E-state index contributed by atoms with van der Waals surface area (Å²) in [4.78, 5) is 11.3. The predicted octanol–water partition coefficient (Wildman–Crippen LogP) is 3.50. The van der Waals surface area contributed by atoms with Crippen LogP contribution < -0.4 is 0 Å². The molecule has 1 saturated carbocycles. The molecule has 0 saturated heterocycles. The van der Waals surface area contributed by atoms with E-state index in [9.17, 15) is 4.79 Å². The van der Waals surface area contributed by atoms with E-state index in [1.807, 2.05) is 13.8 Å². The zero-order valence-corrected chi connectivity index (χ0v) is 10.8. The molecule has 0 aromatic rings. The van der Waals surface area contributed by atoms with E-state index in [0.717, 1.165) is 25.7 Å². The Morgan fingerprint density at radius 3 is 2.43 bits per heavy atom. The van der Waals surface area contributed by atoms with Gasteiger partial charge in [0, 0.05) is 0 Å². The molecular formula is C10H17IO3. The lowest BCUT2D eigenvalue weighted by atomic mass is 10.2. The van der Waals surface area contributed by atoms with Crippen LogP contribution >= 0.6 is 22.6 Å². The molecule has 1 aliphatic carbocycles. The molecule has 82 valence electrons. The van der Waals surface area contributed by atoms with Gasteiger partial charge in [0.05, 0.1) is 0 Å². The van der Waals surface area contributed by atoms with Gasteiger partial charge in [-0.1, -0.05) is 13.8 Å². The van der Waals surface area contributed by atoms with Crippen LogP contribution in [0.25, 0.3) is 0 Å². The molecule has 1 fully saturated rings. The maximum absolute atomic E-state index is 11.3. The number of alkyl halides is 1. The topological polar surface area (TPSA) is 35.5 Å². The summed E-state index contributed by atoms with van der Waals surface area (Å²) in [7, 11) is 0. The third-order valence-corrected chi connectivity index (χ3v) is 3.99. The Labute approximate surface area is 98.7 Å². The van der Waals surface area contributed by atoms with Crippen molar-refractivity contribution in [3.63, 3.8) is 0 Å². The standard InChI is InChI=1S/C10H17IO3/c1-7(2)9(11)14-10(12)13-8-5-3-4-6-8/h7-9H,3-6H2,1-2H3. The number of ether oxygens (including phenoxy) is 2. The first-order chi connectivity index (χ1) is 6.59. The molecule has 1 rings (SSSR count). The summed E-state index contributed by atoms with van der Waals surface area (Å²) in [6.45, 7) is 4.03. The normalized spacial score (nSPS) is 19.7. The molecule has 0 spiro atoms. The van der Waals surface area contributed by atoms with E-state index < -0.39 is 6.16 Å². The van der Waals surface area contributed by atoms with E-state index in [0.29, 0.717) is 5.92 Å². The van der Waals surface area contributed by atoms with Gasteiger partial charge in [0.2, 0.25) is 0 Å². The first-order valence-corrected chi connectivity index (χ1v) is 6.35. The molecule has 0 N–H and O–H groups in total. The molecule has 0 radical (unpaired) electrons. The second-order valence-electron chi connectivity index (χ2n) is 3.99. The van der Waals surface area contributed by atoms with Crippen LogP contribution in [0.1, 0.15) is 39.5 Å². The van der Waals surface area contributed by atoms with Gasteiger partial charge in [0.15, 0.2) is 4.11 Å². The highest BCUT2D eigenvalue weighted by molar-refractivity contribution is 14.1. The van der Waals surface area contributed by atoms with Gasteiger partial charge in [-0.25, -0.2) is 4.79 Å². The van der Waals surface area contributed by atoms with Crippen molar-refractivity contribution in [1.82, 2.24) is 0 Å². The summed E-state index contributed by atoms with van der Waals surface area (Å²) in [5.41, 5.74) is 0. The zero-order chi connectivity index (χ0) is 10.6. The first-order valence-electron chi connectivity index (χ1n) is 5.11. The molecule has 0 amide bonds. The largest absolute Gasteiger partial charge is 0.509 e. The number of rotatable bonds is 3. The number of halogens is 1. The average Bonchev–Trinajstić information content (AvgIpc) is 2.56. The van der Waals surface area contributed by atoms with Crippen LogP contribution in [0.5, 0.6) is 0 Å². The van der Waals surface area contributed by atoms with Crippen molar-refractivity contribution in [2.45, 2.75) is 49.7 Å². The number of hydrogen-bond donors (Lipinski definition) is 0. The van der Waals surface area contributed by atoms with Gasteiger partial charge in [0.25, 0.3) is 0 Å². The summed E-state index contributed by atoms with van der Waals surface area (Å²) < 4.78 is 10.2. The van der Waals surface area contributed by atoms with Crippen molar-refractivity contribution in [1.29, 1.82) is 0 Å². The minimum atomic E-state index is -0.509. The fourth-order valence-electron chi connectivity index (χ4n) is 1.40. The number of hydrogen-bond acceptors (Lipinski definition) is 3. The Balaban J connectivity index is 2.21. The Morgan fingerprint density at radius 1 is 1.36 bits per heavy atom. The summed E-state index contributed by atoms with van der Waals surface area (Å²) in [6.07, 6.45) is 3.89. The van der Waals surface area contributed by atoms with Gasteiger partial charge in [-0.3, -0.25) is 0 Å². The van der Waals surface area contributed by atoms with Crippen molar-refractivity contribution in [2.75, 3.05) is 0 Å². The molecule has 1 atom stereocenters. The Kier molecular flexibility index (Phi) is 4.98. The molecule has 0 heterocycles. The summed E-state index contributed by atoms with van der Waals surface area (Å²) in [5.74, 6) is 0.326. The SMILES string of the molecule is CC(C)C(I)OC(=O)OC1CCCC1. The summed E-state index contributed by atoms with van der Waals surface area (Å²) >= 11 is 2.11. The second kappa shape index (κ2) is 5.78. The quantitative estimate of drug-likeness (QED) is 0.454. The molecule has 1 aliphatic rings. The van der Waals surface area contributed by atoms with Gasteiger partial charge >= 0.3 is 6.16 Å². The predicted molar refractivity (Wildman–Crippen MR) is 62.5 cm³/mol. The van der Waals surface area contributed by atoms with E-state index in [1.165, 1.54) is 0 Å². The highest BCUT2D eigenvalue weighted by Crippen LogP contribution is 2.22. The van der Waals surface area contributed by atoms with Gasteiger partial charge < -0.3 is 9.47 Å². The van der Waals surface area contributed by atoms with E-state index in [2.05, 4.69) is 22.6 Å². The van der Waals surface area contributed by atoms with Crippen LogP contribution in [0.3, 0.4) is 0 Å². The van der Waals surface area contributed by atoms with Crippen LogP contribution in [0.15, 0.2) is 0 Å². The maximum Gasteiger partial charge on any atom is 0.509 e. The van der Waals surface area contributed by atoms with Crippen LogP contribution in [-0.2, 0) is 9.47 Å². The van der Waals surface area contributed by atoms with E-state index in [1.54, 1.807) is 0 Å². The smallest absolute Gasteiger partial charge is 0.431 e. The van der Waals surface area contributed by atoms with Gasteiger partial charge in [-0.2, -0.15) is 0 Å². The van der Waals surface area contributed by atoms with Gasteiger partial charge in [-0.05, 0) is 54.2 Å². The fraction of sp³-hybridized carbons (Fsp3) is 0.900. The molecule has 1 unspecified atom stereocenters. The van der Waals surface area contributed by atoms with Gasteiger partial charge in [0.1, 0.15) is 6.10 Å². The van der Waals surface area contributed by atoms with E-state index >= 15 is 0 Å². The molecule has 4 heteroatoms. The molecule has 14 heavy (non-hydrogen) atoms. The van der Waals surface area contributed by atoms with Crippen molar-refractivity contribution in [2.24, 2.45) is 5.92 Å².